The predicted octanol–water partition coefficient (Wildman–Crippen LogP) is 3.03. The molecule has 1 aromatic carbocycles. The Labute approximate surface area is 140 Å². The first-order valence-corrected chi connectivity index (χ1v) is 8.67. The van der Waals surface area contributed by atoms with Gasteiger partial charge < -0.3 is 9.80 Å². The number of hydrogen-bond donors (Lipinski definition) is 0. The van der Waals surface area contributed by atoms with Gasteiger partial charge in [0.25, 0.3) is 0 Å². The van der Waals surface area contributed by atoms with Crippen LogP contribution < -0.4 is 9.70 Å². The molecule has 122 valence electrons. The molecular weight excluding hydrogens is 308 g/mol. The van der Waals surface area contributed by atoms with Crippen LogP contribution >= 0.6 is 11.3 Å². The number of rotatable bonds is 2. The first kappa shape index (κ1) is 15.8. The fourth-order valence-corrected chi connectivity index (χ4v) is 3.53. The van der Waals surface area contributed by atoms with Crippen molar-refractivity contribution in [2.45, 2.75) is 19.8 Å². The molecule has 0 N–H and O–H groups in total. The van der Waals surface area contributed by atoms with Crippen LogP contribution in [0.1, 0.15) is 17.7 Å². The molecule has 0 radical (unpaired) electrons. The summed E-state index contributed by atoms with van der Waals surface area (Å²) in [7, 11) is 4.04. The molecule has 0 spiro atoms. The summed E-state index contributed by atoms with van der Waals surface area (Å²) >= 11 is 1.55. The van der Waals surface area contributed by atoms with Crippen LogP contribution in [0.5, 0.6) is 0 Å². The van der Waals surface area contributed by atoms with Gasteiger partial charge >= 0.3 is 6.03 Å². The molecule has 2 amide bonds. The van der Waals surface area contributed by atoms with Crippen LogP contribution in [0.4, 0.5) is 10.5 Å². The van der Waals surface area contributed by atoms with Gasteiger partial charge in [-0.15, -0.1) is 11.3 Å². The molecule has 1 aromatic heterocycles. The Morgan fingerprint density at radius 2 is 2.00 bits per heavy atom. The number of benzene rings is 1. The second-order valence-corrected chi connectivity index (χ2v) is 7.21. The van der Waals surface area contributed by atoms with Gasteiger partial charge in [0.15, 0.2) is 4.80 Å². The SMILES string of the molecule is Cc1cn(-c2cccc(N(C)C)c2)/c(=N/C(=O)N2CCCC2)s1. The smallest absolute Gasteiger partial charge is 0.346 e. The molecule has 5 nitrogen and oxygen atoms in total. The van der Waals surface area contributed by atoms with Crippen molar-refractivity contribution in [2.75, 3.05) is 32.1 Å². The van der Waals surface area contributed by atoms with Crippen molar-refractivity contribution in [3.8, 4) is 5.69 Å². The lowest BCUT2D eigenvalue weighted by atomic mass is 10.2. The average molecular weight is 330 g/mol. The van der Waals surface area contributed by atoms with E-state index in [4.69, 9.17) is 0 Å². The van der Waals surface area contributed by atoms with Crippen molar-refractivity contribution < 1.29 is 4.79 Å². The minimum atomic E-state index is -0.123. The molecule has 1 aliphatic rings. The fraction of sp³-hybridized carbons (Fsp3) is 0.412. The van der Waals surface area contributed by atoms with Crippen LogP contribution in [-0.2, 0) is 0 Å². The molecule has 1 fully saturated rings. The monoisotopic (exact) mass is 330 g/mol. The fourth-order valence-electron chi connectivity index (χ4n) is 2.70. The van der Waals surface area contributed by atoms with Crippen LogP contribution in [0.15, 0.2) is 35.5 Å². The maximum Gasteiger partial charge on any atom is 0.346 e. The van der Waals surface area contributed by atoms with E-state index < -0.39 is 0 Å². The third-order valence-electron chi connectivity index (χ3n) is 3.96. The van der Waals surface area contributed by atoms with Gasteiger partial charge in [-0.05, 0) is 38.0 Å². The second kappa shape index (κ2) is 6.58. The van der Waals surface area contributed by atoms with Crippen LogP contribution in [0.2, 0.25) is 0 Å². The topological polar surface area (TPSA) is 40.8 Å². The van der Waals surface area contributed by atoms with Crippen molar-refractivity contribution in [2.24, 2.45) is 4.99 Å². The van der Waals surface area contributed by atoms with Crippen molar-refractivity contribution in [1.29, 1.82) is 0 Å². The summed E-state index contributed by atoms with van der Waals surface area (Å²) in [4.78, 5) is 22.5. The van der Waals surface area contributed by atoms with E-state index in [1.807, 2.05) is 48.8 Å². The third-order valence-corrected chi connectivity index (χ3v) is 4.86. The summed E-state index contributed by atoms with van der Waals surface area (Å²) in [5.41, 5.74) is 2.14. The van der Waals surface area contributed by atoms with E-state index in [2.05, 4.69) is 22.0 Å². The zero-order valence-corrected chi connectivity index (χ0v) is 14.6. The first-order valence-electron chi connectivity index (χ1n) is 7.85. The highest BCUT2D eigenvalue weighted by atomic mass is 32.1. The molecular formula is C17H22N4OS. The predicted molar refractivity (Wildman–Crippen MR) is 94.5 cm³/mol. The number of carbonyl (C=O) groups is 1. The summed E-state index contributed by atoms with van der Waals surface area (Å²) in [6.45, 7) is 3.68. The highest BCUT2D eigenvalue weighted by Crippen LogP contribution is 2.17. The van der Waals surface area contributed by atoms with Crippen molar-refractivity contribution in [3.63, 3.8) is 0 Å². The van der Waals surface area contributed by atoms with Gasteiger partial charge in [-0.2, -0.15) is 4.99 Å². The summed E-state index contributed by atoms with van der Waals surface area (Å²) in [5.74, 6) is 0. The molecule has 1 aliphatic heterocycles. The largest absolute Gasteiger partial charge is 0.378 e. The van der Waals surface area contributed by atoms with Crippen molar-refractivity contribution in [1.82, 2.24) is 9.47 Å². The molecule has 2 aromatic rings. The molecule has 2 heterocycles. The summed E-state index contributed by atoms with van der Waals surface area (Å²) in [5, 5.41) is 0. The van der Waals surface area contributed by atoms with E-state index in [9.17, 15) is 4.79 Å². The van der Waals surface area contributed by atoms with Crippen molar-refractivity contribution >= 4 is 23.1 Å². The summed E-state index contributed by atoms with van der Waals surface area (Å²) in [6.07, 6.45) is 4.20. The van der Waals surface area contributed by atoms with E-state index in [0.717, 1.165) is 47.0 Å². The molecule has 23 heavy (non-hydrogen) atoms. The summed E-state index contributed by atoms with van der Waals surface area (Å²) < 4.78 is 2.00. The number of aromatic nitrogens is 1. The van der Waals surface area contributed by atoms with Gasteiger partial charge in [0.05, 0.1) is 0 Å². The number of hydrogen-bond acceptors (Lipinski definition) is 3. The quantitative estimate of drug-likeness (QED) is 0.849. The summed E-state index contributed by atoms with van der Waals surface area (Å²) in [6, 6.07) is 8.11. The van der Waals surface area contributed by atoms with Crippen LogP contribution in [-0.4, -0.2) is 42.7 Å². The Hall–Kier alpha value is -2.08. The number of likely N-dealkylation sites (tertiary alicyclic amines) is 1. The van der Waals surface area contributed by atoms with Crippen LogP contribution in [0.3, 0.4) is 0 Å². The minimum Gasteiger partial charge on any atom is -0.378 e. The maximum atomic E-state index is 12.3. The number of amides is 2. The Morgan fingerprint density at radius 1 is 1.26 bits per heavy atom. The van der Waals surface area contributed by atoms with E-state index in [0.29, 0.717) is 0 Å². The van der Waals surface area contributed by atoms with Gasteiger partial charge in [0.2, 0.25) is 0 Å². The number of urea groups is 1. The number of anilines is 1. The number of nitrogens with zero attached hydrogens (tertiary/aromatic N) is 4. The van der Waals surface area contributed by atoms with Crippen LogP contribution in [0.25, 0.3) is 5.69 Å². The molecule has 6 heteroatoms. The number of aryl methyl sites for hydroxylation is 1. The third kappa shape index (κ3) is 3.47. The van der Waals surface area contributed by atoms with E-state index in [1.54, 1.807) is 11.3 Å². The lowest BCUT2D eigenvalue weighted by Crippen LogP contribution is -2.27. The highest BCUT2D eigenvalue weighted by molar-refractivity contribution is 7.09. The number of thiazole rings is 1. The first-order chi connectivity index (χ1) is 11.0. The zero-order chi connectivity index (χ0) is 16.4. The van der Waals surface area contributed by atoms with Gasteiger partial charge in [0.1, 0.15) is 0 Å². The van der Waals surface area contributed by atoms with Crippen LogP contribution in [0, 0.1) is 6.92 Å². The number of carbonyl (C=O) groups excluding carboxylic acids is 1. The zero-order valence-electron chi connectivity index (χ0n) is 13.8. The Morgan fingerprint density at radius 3 is 2.70 bits per heavy atom. The molecule has 0 aliphatic carbocycles. The second-order valence-electron chi connectivity index (χ2n) is 6.00. The van der Waals surface area contributed by atoms with Crippen molar-refractivity contribution in [3.05, 3.63) is 40.1 Å². The molecule has 0 atom stereocenters. The Balaban J connectivity index is 2.00. The van der Waals surface area contributed by atoms with E-state index >= 15 is 0 Å². The molecule has 0 bridgehead atoms. The average Bonchev–Trinajstić information content (AvgIpc) is 3.17. The highest BCUT2D eigenvalue weighted by Gasteiger charge is 2.17. The standard InChI is InChI=1S/C17H22N4OS/c1-13-12-21(15-8-6-7-14(11-15)19(2)3)17(23-13)18-16(22)20-9-4-5-10-20/h6-8,11-12H,4-5,9-10H2,1-3H3/b18-17-. The Bertz CT molecular complexity index is 769. The molecule has 0 saturated carbocycles. The maximum absolute atomic E-state index is 12.3. The lowest BCUT2D eigenvalue weighted by Gasteiger charge is -2.14. The van der Waals surface area contributed by atoms with Gasteiger partial charge in [-0.3, -0.25) is 4.57 Å². The molecule has 0 unspecified atom stereocenters. The lowest BCUT2D eigenvalue weighted by molar-refractivity contribution is 0.218. The normalized spacial score (nSPS) is 15.3. The Kier molecular flexibility index (Phi) is 4.52. The minimum absolute atomic E-state index is 0.123. The van der Waals surface area contributed by atoms with E-state index in [1.165, 1.54) is 0 Å². The van der Waals surface area contributed by atoms with Gasteiger partial charge in [-0.25, -0.2) is 4.79 Å². The molecule has 1 saturated heterocycles. The molecule has 3 rings (SSSR count). The van der Waals surface area contributed by atoms with Gasteiger partial charge in [0, 0.05) is 49.6 Å². The van der Waals surface area contributed by atoms with E-state index in [-0.39, 0.29) is 6.03 Å². The van der Waals surface area contributed by atoms with Gasteiger partial charge in [-0.1, -0.05) is 6.07 Å².